The Labute approximate surface area is 123 Å². The highest BCUT2D eigenvalue weighted by molar-refractivity contribution is 5.92. The topological polar surface area (TPSA) is 52.3 Å². The standard InChI is InChI=1S/C17H18FNO2/c18-15-8-4-13(5-9-15)3-1-2-12-21-16-10-6-14(7-11-16)17(19)20/h4-11H,1-3,12H2,(H2,19,20). The fourth-order valence-corrected chi connectivity index (χ4v) is 1.99. The van der Waals surface area contributed by atoms with Crippen molar-refractivity contribution in [3.05, 3.63) is 65.5 Å². The first kappa shape index (κ1) is 15.0. The molecule has 0 saturated carbocycles. The van der Waals surface area contributed by atoms with Crippen LogP contribution in [0.5, 0.6) is 5.75 Å². The number of hydrogen-bond acceptors (Lipinski definition) is 2. The highest BCUT2D eigenvalue weighted by Gasteiger charge is 2.00. The molecule has 0 aromatic heterocycles. The van der Waals surface area contributed by atoms with Crippen molar-refractivity contribution in [3.63, 3.8) is 0 Å². The van der Waals surface area contributed by atoms with Crippen molar-refractivity contribution in [2.75, 3.05) is 6.61 Å². The first-order valence-electron chi connectivity index (χ1n) is 6.92. The number of amides is 1. The zero-order chi connectivity index (χ0) is 15.1. The number of halogens is 1. The third-order valence-corrected chi connectivity index (χ3v) is 3.18. The zero-order valence-corrected chi connectivity index (χ0v) is 11.7. The van der Waals surface area contributed by atoms with E-state index in [2.05, 4.69) is 0 Å². The van der Waals surface area contributed by atoms with Gasteiger partial charge in [-0.3, -0.25) is 4.79 Å². The lowest BCUT2D eigenvalue weighted by atomic mass is 10.1. The van der Waals surface area contributed by atoms with Crippen molar-refractivity contribution < 1.29 is 13.9 Å². The van der Waals surface area contributed by atoms with Crippen molar-refractivity contribution in [2.24, 2.45) is 5.73 Å². The molecule has 0 fully saturated rings. The van der Waals surface area contributed by atoms with Crippen molar-refractivity contribution in [2.45, 2.75) is 19.3 Å². The van der Waals surface area contributed by atoms with E-state index in [9.17, 15) is 9.18 Å². The highest BCUT2D eigenvalue weighted by atomic mass is 19.1. The molecule has 1 amide bonds. The van der Waals surface area contributed by atoms with Crippen LogP contribution < -0.4 is 10.5 Å². The molecule has 0 aliphatic rings. The molecule has 4 heteroatoms. The molecule has 21 heavy (non-hydrogen) atoms. The molecule has 0 spiro atoms. The van der Waals surface area contributed by atoms with E-state index in [1.807, 2.05) is 0 Å². The predicted molar refractivity (Wildman–Crippen MR) is 79.8 cm³/mol. The minimum Gasteiger partial charge on any atom is -0.494 e. The molecule has 0 bridgehead atoms. The second-order valence-electron chi connectivity index (χ2n) is 4.82. The van der Waals surface area contributed by atoms with E-state index in [0.717, 1.165) is 30.6 Å². The summed E-state index contributed by atoms with van der Waals surface area (Å²) in [4.78, 5) is 10.9. The number of aryl methyl sites for hydroxylation is 1. The second-order valence-corrected chi connectivity index (χ2v) is 4.82. The first-order chi connectivity index (χ1) is 10.1. The number of carbonyl (C=O) groups excluding carboxylic acids is 1. The van der Waals surface area contributed by atoms with Crippen LogP contribution in [-0.2, 0) is 6.42 Å². The summed E-state index contributed by atoms with van der Waals surface area (Å²) in [7, 11) is 0. The van der Waals surface area contributed by atoms with Gasteiger partial charge in [-0.15, -0.1) is 0 Å². The first-order valence-corrected chi connectivity index (χ1v) is 6.92. The van der Waals surface area contributed by atoms with Gasteiger partial charge in [0.05, 0.1) is 6.61 Å². The molecule has 3 nitrogen and oxygen atoms in total. The second kappa shape index (κ2) is 7.43. The molecule has 0 aliphatic carbocycles. The minimum absolute atomic E-state index is 0.207. The molecule has 2 aromatic carbocycles. The van der Waals surface area contributed by atoms with Crippen LogP contribution in [-0.4, -0.2) is 12.5 Å². The van der Waals surface area contributed by atoms with E-state index < -0.39 is 5.91 Å². The highest BCUT2D eigenvalue weighted by Crippen LogP contribution is 2.13. The van der Waals surface area contributed by atoms with Gasteiger partial charge in [-0.25, -0.2) is 4.39 Å². The molecule has 0 radical (unpaired) electrons. The van der Waals surface area contributed by atoms with Gasteiger partial charge in [-0.05, 0) is 61.2 Å². The summed E-state index contributed by atoms with van der Waals surface area (Å²) in [5.41, 5.74) is 6.76. The van der Waals surface area contributed by atoms with E-state index in [1.165, 1.54) is 12.1 Å². The summed E-state index contributed by atoms with van der Waals surface area (Å²) in [5.74, 6) is 0.0733. The van der Waals surface area contributed by atoms with Crippen LogP contribution in [0.2, 0.25) is 0 Å². The SMILES string of the molecule is NC(=O)c1ccc(OCCCCc2ccc(F)cc2)cc1. The molecule has 0 atom stereocenters. The maximum absolute atomic E-state index is 12.7. The summed E-state index contributed by atoms with van der Waals surface area (Å²) >= 11 is 0. The van der Waals surface area contributed by atoms with E-state index in [4.69, 9.17) is 10.5 Å². The number of benzene rings is 2. The number of hydrogen-bond donors (Lipinski definition) is 1. The Morgan fingerprint density at radius 1 is 1.00 bits per heavy atom. The lowest BCUT2D eigenvalue weighted by molar-refractivity contribution is 0.100. The summed E-state index contributed by atoms with van der Waals surface area (Å²) in [6, 6.07) is 13.3. The Bertz CT molecular complexity index is 579. The Balaban J connectivity index is 1.67. The third kappa shape index (κ3) is 4.91. The number of nitrogens with two attached hydrogens (primary N) is 1. The average Bonchev–Trinajstić information content (AvgIpc) is 2.49. The Morgan fingerprint density at radius 3 is 2.29 bits per heavy atom. The largest absolute Gasteiger partial charge is 0.494 e. The van der Waals surface area contributed by atoms with Crippen LogP contribution in [0.1, 0.15) is 28.8 Å². The van der Waals surface area contributed by atoms with E-state index in [-0.39, 0.29) is 5.82 Å². The molecule has 2 rings (SSSR count). The molecule has 2 N–H and O–H groups in total. The van der Waals surface area contributed by atoms with Gasteiger partial charge in [0.1, 0.15) is 11.6 Å². The molecular weight excluding hydrogens is 269 g/mol. The fraction of sp³-hybridized carbons (Fsp3) is 0.235. The van der Waals surface area contributed by atoms with Gasteiger partial charge in [0, 0.05) is 5.56 Å². The van der Waals surface area contributed by atoms with Gasteiger partial charge in [0.15, 0.2) is 0 Å². The molecule has 0 heterocycles. The monoisotopic (exact) mass is 287 g/mol. The van der Waals surface area contributed by atoms with Crippen molar-refractivity contribution in [1.29, 1.82) is 0 Å². The summed E-state index contributed by atoms with van der Waals surface area (Å²) in [6.07, 6.45) is 2.80. The molecular formula is C17H18FNO2. The van der Waals surface area contributed by atoms with Crippen LogP contribution >= 0.6 is 0 Å². The number of unbranched alkanes of at least 4 members (excludes halogenated alkanes) is 1. The maximum atomic E-state index is 12.7. The normalized spacial score (nSPS) is 10.3. The number of primary amides is 1. The Morgan fingerprint density at radius 2 is 1.67 bits per heavy atom. The Kier molecular flexibility index (Phi) is 5.32. The van der Waals surface area contributed by atoms with Crippen molar-refractivity contribution in [3.8, 4) is 5.75 Å². The van der Waals surface area contributed by atoms with E-state index >= 15 is 0 Å². The molecule has 110 valence electrons. The van der Waals surface area contributed by atoms with Crippen LogP contribution in [0.25, 0.3) is 0 Å². The third-order valence-electron chi connectivity index (χ3n) is 3.18. The Hall–Kier alpha value is -2.36. The molecule has 2 aromatic rings. The van der Waals surface area contributed by atoms with Crippen molar-refractivity contribution >= 4 is 5.91 Å². The van der Waals surface area contributed by atoms with Crippen LogP contribution in [0, 0.1) is 5.82 Å². The molecule has 0 aliphatic heterocycles. The van der Waals surface area contributed by atoms with Gasteiger partial charge >= 0.3 is 0 Å². The van der Waals surface area contributed by atoms with Crippen LogP contribution in [0.15, 0.2) is 48.5 Å². The van der Waals surface area contributed by atoms with Gasteiger partial charge in [-0.1, -0.05) is 12.1 Å². The smallest absolute Gasteiger partial charge is 0.248 e. The number of rotatable bonds is 7. The van der Waals surface area contributed by atoms with Gasteiger partial charge in [-0.2, -0.15) is 0 Å². The van der Waals surface area contributed by atoms with Gasteiger partial charge in [0.25, 0.3) is 0 Å². The van der Waals surface area contributed by atoms with Gasteiger partial charge < -0.3 is 10.5 Å². The fourth-order valence-electron chi connectivity index (χ4n) is 1.99. The maximum Gasteiger partial charge on any atom is 0.248 e. The summed E-state index contributed by atoms with van der Waals surface area (Å²) in [6.45, 7) is 0.608. The molecule has 0 unspecified atom stereocenters. The summed E-state index contributed by atoms with van der Waals surface area (Å²) < 4.78 is 18.3. The van der Waals surface area contributed by atoms with Crippen LogP contribution in [0.4, 0.5) is 4.39 Å². The lowest BCUT2D eigenvalue weighted by Crippen LogP contribution is -2.10. The number of carbonyl (C=O) groups is 1. The van der Waals surface area contributed by atoms with E-state index in [1.54, 1.807) is 36.4 Å². The average molecular weight is 287 g/mol. The molecule has 0 saturated heterocycles. The predicted octanol–water partition coefficient (Wildman–Crippen LogP) is 3.33. The van der Waals surface area contributed by atoms with Crippen LogP contribution in [0.3, 0.4) is 0 Å². The quantitative estimate of drug-likeness (QED) is 0.794. The lowest BCUT2D eigenvalue weighted by Gasteiger charge is -2.06. The minimum atomic E-state index is -0.444. The zero-order valence-electron chi connectivity index (χ0n) is 11.7. The van der Waals surface area contributed by atoms with Gasteiger partial charge in [0.2, 0.25) is 5.91 Å². The van der Waals surface area contributed by atoms with Crippen molar-refractivity contribution in [1.82, 2.24) is 0 Å². The van der Waals surface area contributed by atoms with E-state index in [0.29, 0.717) is 12.2 Å². The summed E-state index contributed by atoms with van der Waals surface area (Å²) in [5, 5.41) is 0. The number of ether oxygens (including phenoxy) is 1.